The second kappa shape index (κ2) is 8.04. The van der Waals surface area contributed by atoms with Crippen LogP contribution in [0, 0.1) is 5.82 Å². The van der Waals surface area contributed by atoms with E-state index in [-0.39, 0.29) is 31.0 Å². The molecule has 0 spiro atoms. The van der Waals surface area contributed by atoms with Gasteiger partial charge >= 0.3 is 12.3 Å². The first kappa shape index (κ1) is 19.5. The van der Waals surface area contributed by atoms with Gasteiger partial charge in [-0.3, -0.25) is 4.79 Å². The van der Waals surface area contributed by atoms with Gasteiger partial charge in [-0.1, -0.05) is 6.07 Å². The van der Waals surface area contributed by atoms with E-state index in [9.17, 15) is 22.4 Å². The highest BCUT2D eigenvalue weighted by Gasteiger charge is 2.32. The Morgan fingerprint density at radius 3 is 2.48 bits per heavy atom. The van der Waals surface area contributed by atoms with E-state index >= 15 is 0 Å². The minimum absolute atomic E-state index is 0. The van der Waals surface area contributed by atoms with E-state index in [2.05, 4.69) is 9.47 Å². The predicted octanol–water partition coefficient (Wildman–Crippen LogP) is 3.10. The smallest absolute Gasteiger partial charge is 0.466 e. The second-order valence-electron chi connectivity index (χ2n) is 3.85. The van der Waals surface area contributed by atoms with Gasteiger partial charge in [0.05, 0.1) is 13.0 Å². The van der Waals surface area contributed by atoms with Gasteiger partial charge in [-0.15, -0.1) is 25.6 Å². The second-order valence-corrected chi connectivity index (χ2v) is 3.85. The van der Waals surface area contributed by atoms with Crippen molar-refractivity contribution in [2.75, 3.05) is 6.61 Å². The Bertz CT molecular complexity index is 482. The topological polar surface area (TPSA) is 61.5 Å². The summed E-state index contributed by atoms with van der Waals surface area (Å²) in [7, 11) is 0. The molecule has 21 heavy (non-hydrogen) atoms. The molecule has 0 aliphatic carbocycles. The first-order valence-corrected chi connectivity index (χ1v) is 5.69. The van der Waals surface area contributed by atoms with Crippen molar-refractivity contribution in [1.82, 2.24) is 0 Å². The SMILES string of the molecule is CCOC(=O)C[C@H](N)c1ccc(OC(F)(F)F)c(F)c1.Cl. The van der Waals surface area contributed by atoms with Crippen LogP contribution in [0.2, 0.25) is 0 Å². The Labute approximate surface area is 124 Å². The van der Waals surface area contributed by atoms with Crippen LogP contribution in [-0.2, 0) is 9.53 Å². The quantitative estimate of drug-likeness (QED) is 0.665. The van der Waals surface area contributed by atoms with Gasteiger partial charge in [-0.25, -0.2) is 4.39 Å². The Kier molecular flexibility index (Phi) is 7.45. The van der Waals surface area contributed by atoms with Crippen LogP contribution in [0.5, 0.6) is 5.75 Å². The third-order valence-corrected chi connectivity index (χ3v) is 2.30. The minimum Gasteiger partial charge on any atom is -0.466 e. The summed E-state index contributed by atoms with van der Waals surface area (Å²) in [6, 6.07) is 1.89. The lowest BCUT2D eigenvalue weighted by Gasteiger charge is -2.14. The maximum atomic E-state index is 13.4. The highest BCUT2D eigenvalue weighted by atomic mass is 35.5. The monoisotopic (exact) mass is 331 g/mol. The zero-order chi connectivity index (χ0) is 15.3. The molecule has 0 radical (unpaired) electrons. The molecule has 0 fully saturated rings. The highest BCUT2D eigenvalue weighted by molar-refractivity contribution is 5.85. The van der Waals surface area contributed by atoms with Crippen molar-refractivity contribution in [2.45, 2.75) is 25.7 Å². The molecule has 4 nitrogen and oxygen atoms in total. The predicted molar refractivity (Wildman–Crippen MR) is 68.5 cm³/mol. The Morgan fingerprint density at radius 1 is 1.38 bits per heavy atom. The molecule has 0 heterocycles. The van der Waals surface area contributed by atoms with Crippen LogP contribution in [0.25, 0.3) is 0 Å². The van der Waals surface area contributed by atoms with E-state index in [0.29, 0.717) is 0 Å². The van der Waals surface area contributed by atoms with Gasteiger partial charge in [0.1, 0.15) is 0 Å². The number of esters is 1. The number of benzene rings is 1. The number of halogens is 5. The Hall–Kier alpha value is -1.54. The van der Waals surface area contributed by atoms with Gasteiger partial charge in [-0.05, 0) is 24.6 Å². The number of carbonyl (C=O) groups is 1. The number of hydrogen-bond acceptors (Lipinski definition) is 4. The van der Waals surface area contributed by atoms with Crippen LogP contribution >= 0.6 is 12.4 Å². The zero-order valence-corrected chi connectivity index (χ0v) is 11.8. The van der Waals surface area contributed by atoms with Crippen LogP contribution in [-0.4, -0.2) is 18.9 Å². The Balaban J connectivity index is 0.00000400. The molecule has 120 valence electrons. The number of hydrogen-bond donors (Lipinski definition) is 1. The van der Waals surface area contributed by atoms with Gasteiger partial charge < -0.3 is 15.2 Å². The van der Waals surface area contributed by atoms with Crippen LogP contribution < -0.4 is 10.5 Å². The molecule has 1 aromatic rings. The van der Waals surface area contributed by atoms with Crippen molar-refractivity contribution in [3.8, 4) is 5.75 Å². The van der Waals surface area contributed by atoms with Gasteiger partial charge in [0.2, 0.25) is 0 Å². The Morgan fingerprint density at radius 2 is 2.00 bits per heavy atom. The molecule has 1 rings (SSSR count). The summed E-state index contributed by atoms with van der Waals surface area (Å²) < 4.78 is 57.5. The largest absolute Gasteiger partial charge is 0.573 e. The number of carbonyl (C=O) groups excluding carboxylic acids is 1. The van der Waals surface area contributed by atoms with Crippen molar-refractivity contribution in [1.29, 1.82) is 0 Å². The fourth-order valence-corrected chi connectivity index (χ4v) is 1.47. The van der Waals surface area contributed by atoms with Gasteiger partial charge in [0.15, 0.2) is 11.6 Å². The third-order valence-electron chi connectivity index (χ3n) is 2.30. The fraction of sp³-hybridized carbons (Fsp3) is 0.417. The molecular weight excluding hydrogens is 318 g/mol. The van der Waals surface area contributed by atoms with Crippen molar-refractivity contribution in [3.05, 3.63) is 29.6 Å². The highest BCUT2D eigenvalue weighted by Crippen LogP contribution is 2.27. The molecule has 9 heteroatoms. The molecule has 0 aliphatic heterocycles. The lowest BCUT2D eigenvalue weighted by atomic mass is 10.0. The maximum absolute atomic E-state index is 13.4. The molecule has 0 saturated carbocycles. The number of rotatable bonds is 5. The molecule has 1 atom stereocenters. The summed E-state index contributed by atoms with van der Waals surface area (Å²) in [5.74, 6) is -2.74. The molecule has 0 unspecified atom stereocenters. The molecule has 0 aliphatic rings. The van der Waals surface area contributed by atoms with Gasteiger partial charge in [0.25, 0.3) is 0 Å². The molecule has 0 amide bonds. The maximum Gasteiger partial charge on any atom is 0.573 e. The average Bonchev–Trinajstić information content (AvgIpc) is 2.30. The third kappa shape index (κ3) is 6.63. The van der Waals surface area contributed by atoms with E-state index in [1.165, 1.54) is 0 Å². The van der Waals surface area contributed by atoms with Crippen molar-refractivity contribution in [2.24, 2.45) is 5.73 Å². The minimum atomic E-state index is -4.98. The van der Waals surface area contributed by atoms with E-state index in [4.69, 9.17) is 5.73 Å². The summed E-state index contributed by atoms with van der Waals surface area (Å²) in [6.07, 6.45) is -5.18. The lowest BCUT2D eigenvalue weighted by molar-refractivity contribution is -0.275. The van der Waals surface area contributed by atoms with E-state index in [1.807, 2.05) is 0 Å². The van der Waals surface area contributed by atoms with Crippen molar-refractivity contribution < 1.29 is 31.8 Å². The number of nitrogens with two attached hydrogens (primary N) is 1. The standard InChI is InChI=1S/C12H13F4NO3.ClH/c1-2-19-11(18)6-9(17)7-3-4-10(8(13)5-7)20-12(14,15)16;/h3-5,9H,2,6,17H2,1H3;1H/t9-;/m0./s1. The van der Waals surface area contributed by atoms with Crippen LogP contribution in [0.15, 0.2) is 18.2 Å². The normalized spacial score (nSPS) is 12.3. The lowest BCUT2D eigenvalue weighted by Crippen LogP contribution is -2.19. The molecule has 0 saturated heterocycles. The zero-order valence-electron chi connectivity index (χ0n) is 10.9. The van der Waals surface area contributed by atoms with Gasteiger partial charge in [0, 0.05) is 6.04 Å². The summed E-state index contributed by atoms with van der Waals surface area (Å²) in [5, 5.41) is 0. The summed E-state index contributed by atoms with van der Waals surface area (Å²) in [4.78, 5) is 11.2. The van der Waals surface area contributed by atoms with Crippen molar-refractivity contribution >= 4 is 18.4 Å². The first-order chi connectivity index (χ1) is 9.23. The molecule has 2 N–H and O–H groups in total. The van der Waals surface area contributed by atoms with Crippen LogP contribution in [0.4, 0.5) is 17.6 Å². The average molecular weight is 332 g/mol. The van der Waals surface area contributed by atoms with Crippen LogP contribution in [0.1, 0.15) is 24.9 Å². The first-order valence-electron chi connectivity index (χ1n) is 5.69. The van der Waals surface area contributed by atoms with Gasteiger partial charge in [-0.2, -0.15) is 0 Å². The number of ether oxygens (including phenoxy) is 2. The van der Waals surface area contributed by atoms with Crippen molar-refractivity contribution in [3.63, 3.8) is 0 Å². The van der Waals surface area contributed by atoms with E-state index in [1.54, 1.807) is 6.92 Å². The summed E-state index contributed by atoms with van der Waals surface area (Å²) in [5.41, 5.74) is 5.81. The van der Waals surface area contributed by atoms with Crippen LogP contribution in [0.3, 0.4) is 0 Å². The summed E-state index contributed by atoms with van der Waals surface area (Å²) in [6.45, 7) is 1.80. The molecular formula is C12H14ClF4NO3. The molecule has 0 aromatic heterocycles. The van der Waals surface area contributed by atoms with E-state index < -0.39 is 29.9 Å². The number of alkyl halides is 3. The van der Waals surface area contributed by atoms with E-state index in [0.717, 1.165) is 18.2 Å². The summed E-state index contributed by atoms with van der Waals surface area (Å²) >= 11 is 0. The fourth-order valence-electron chi connectivity index (χ4n) is 1.47. The molecule has 0 bridgehead atoms. The molecule has 1 aromatic carbocycles.